The molecule has 5 nitrogen and oxygen atoms in total. The average molecular weight is 373 g/mol. The van der Waals surface area contributed by atoms with Gasteiger partial charge in [-0.3, -0.25) is 4.79 Å². The summed E-state index contributed by atoms with van der Waals surface area (Å²) < 4.78 is 1.95. The van der Waals surface area contributed by atoms with Gasteiger partial charge in [-0.05, 0) is 25.0 Å². The number of thiophene rings is 1. The first kappa shape index (κ1) is 17.7. The summed E-state index contributed by atoms with van der Waals surface area (Å²) in [5.74, 6) is 1.15. The number of rotatable bonds is 6. The number of hydrogen-bond acceptors (Lipinski definition) is 5. The largest absolute Gasteiger partial charge is 0.351 e. The van der Waals surface area contributed by atoms with Gasteiger partial charge in [0.1, 0.15) is 0 Å². The minimum absolute atomic E-state index is 0.0130. The molecule has 0 saturated heterocycles. The number of nitrogens with one attached hydrogen (secondary N) is 1. The lowest BCUT2D eigenvalue weighted by atomic mass is 10.2. The molecule has 7 heteroatoms. The molecule has 25 heavy (non-hydrogen) atoms. The van der Waals surface area contributed by atoms with Crippen molar-refractivity contribution in [2.24, 2.45) is 7.05 Å². The van der Waals surface area contributed by atoms with Gasteiger partial charge in [-0.2, -0.15) is 0 Å². The van der Waals surface area contributed by atoms with E-state index in [9.17, 15) is 4.79 Å². The van der Waals surface area contributed by atoms with Gasteiger partial charge in [0.15, 0.2) is 11.0 Å². The first-order valence-electron chi connectivity index (χ1n) is 7.94. The molecule has 1 aromatic carbocycles. The van der Waals surface area contributed by atoms with E-state index in [1.54, 1.807) is 11.3 Å². The standard InChI is InChI=1S/C18H20N4OS2/c1-12-13(2)24-10-15(12)17-20-21-18(22(17)3)25-11-16(23)19-9-14-7-5-4-6-8-14/h4-8,10H,9,11H2,1-3H3,(H,19,23). The number of hydrogen-bond donors (Lipinski definition) is 1. The van der Waals surface area contributed by atoms with Crippen molar-refractivity contribution in [2.75, 3.05) is 5.75 Å². The van der Waals surface area contributed by atoms with Crippen molar-refractivity contribution >= 4 is 29.0 Å². The fourth-order valence-electron chi connectivity index (χ4n) is 2.39. The molecule has 3 rings (SSSR count). The summed E-state index contributed by atoms with van der Waals surface area (Å²) in [5, 5.41) is 14.3. The van der Waals surface area contributed by atoms with E-state index in [1.165, 1.54) is 22.2 Å². The fourth-order valence-corrected chi connectivity index (χ4v) is 3.99. The van der Waals surface area contributed by atoms with Gasteiger partial charge in [-0.1, -0.05) is 42.1 Å². The molecule has 0 fully saturated rings. The minimum atomic E-state index is -0.0130. The van der Waals surface area contributed by atoms with Gasteiger partial charge in [0.25, 0.3) is 0 Å². The van der Waals surface area contributed by atoms with Gasteiger partial charge in [0, 0.05) is 29.4 Å². The van der Waals surface area contributed by atoms with E-state index >= 15 is 0 Å². The van der Waals surface area contributed by atoms with Crippen LogP contribution in [-0.4, -0.2) is 26.4 Å². The Morgan fingerprint density at radius 1 is 1.24 bits per heavy atom. The summed E-state index contributed by atoms with van der Waals surface area (Å²) in [6, 6.07) is 9.88. The minimum Gasteiger partial charge on any atom is -0.351 e. The Labute approximate surface area is 155 Å². The molecular formula is C18H20N4OS2. The number of benzene rings is 1. The SMILES string of the molecule is Cc1scc(-c2nnc(SCC(=O)NCc3ccccc3)n2C)c1C. The van der Waals surface area contributed by atoms with Crippen molar-refractivity contribution in [3.63, 3.8) is 0 Å². The molecule has 1 N–H and O–H groups in total. The Bertz CT molecular complexity index is 871. The first-order valence-corrected chi connectivity index (χ1v) is 9.80. The zero-order valence-corrected chi connectivity index (χ0v) is 16.1. The smallest absolute Gasteiger partial charge is 0.230 e. The molecule has 0 aliphatic heterocycles. The van der Waals surface area contributed by atoms with Crippen molar-refractivity contribution in [1.82, 2.24) is 20.1 Å². The molecule has 0 aliphatic rings. The van der Waals surface area contributed by atoms with Crippen LogP contribution >= 0.6 is 23.1 Å². The molecule has 0 unspecified atom stereocenters. The number of carbonyl (C=O) groups is 1. The van der Waals surface area contributed by atoms with E-state index in [0.29, 0.717) is 12.3 Å². The lowest BCUT2D eigenvalue weighted by molar-refractivity contribution is -0.118. The van der Waals surface area contributed by atoms with Crippen LogP contribution < -0.4 is 5.32 Å². The van der Waals surface area contributed by atoms with Gasteiger partial charge in [-0.15, -0.1) is 21.5 Å². The number of amides is 1. The highest BCUT2D eigenvalue weighted by atomic mass is 32.2. The topological polar surface area (TPSA) is 59.8 Å². The predicted molar refractivity (Wildman–Crippen MR) is 103 cm³/mol. The lowest BCUT2D eigenvalue weighted by Crippen LogP contribution is -2.24. The number of thioether (sulfide) groups is 1. The third kappa shape index (κ3) is 4.11. The summed E-state index contributed by atoms with van der Waals surface area (Å²) in [7, 11) is 1.94. The van der Waals surface area contributed by atoms with E-state index in [4.69, 9.17) is 0 Å². The molecule has 2 heterocycles. The second-order valence-corrected chi connectivity index (χ2v) is 7.77. The quantitative estimate of drug-likeness (QED) is 0.672. The van der Waals surface area contributed by atoms with Crippen LogP contribution in [0.25, 0.3) is 11.4 Å². The van der Waals surface area contributed by atoms with Gasteiger partial charge < -0.3 is 9.88 Å². The molecule has 2 aromatic heterocycles. The maximum atomic E-state index is 12.0. The summed E-state index contributed by atoms with van der Waals surface area (Å²) in [6.45, 7) is 4.74. The van der Waals surface area contributed by atoms with Crippen LogP contribution in [0.4, 0.5) is 0 Å². The van der Waals surface area contributed by atoms with Crippen molar-refractivity contribution in [2.45, 2.75) is 25.5 Å². The van der Waals surface area contributed by atoms with Crippen LogP contribution in [0.15, 0.2) is 40.9 Å². The van der Waals surface area contributed by atoms with Crippen LogP contribution in [0.2, 0.25) is 0 Å². The fraction of sp³-hybridized carbons (Fsp3) is 0.278. The zero-order valence-electron chi connectivity index (χ0n) is 14.4. The third-order valence-corrected chi connectivity index (χ3v) is 6.06. The predicted octanol–water partition coefficient (Wildman–Crippen LogP) is 3.57. The lowest BCUT2D eigenvalue weighted by Gasteiger charge is -2.06. The molecule has 130 valence electrons. The Hall–Kier alpha value is -2.12. The second-order valence-electron chi connectivity index (χ2n) is 5.75. The first-order chi connectivity index (χ1) is 12.1. The zero-order chi connectivity index (χ0) is 17.8. The Morgan fingerprint density at radius 2 is 2.00 bits per heavy atom. The van der Waals surface area contributed by atoms with E-state index in [1.807, 2.05) is 41.9 Å². The van der Waals surface area contributed by atoms with Crippen molar-refractivity contribution < 1.29 is 4.79 Å². The van der Waals surface area contributed by atoms with E-state index in [-0.39, 0.29) is 5.91 Å². The Balaban J connectivity index is 1.59. The molecular weight excluding hydrogens is 352 g/mol. The van der Waals surface area contributed by atoms with Crippen LogP contribution in [0.1, 0.15) is 16.0 Å². The number of nitrogens with zero attached hydrogens (tertiary/aromatic N) is 3. The van der Waals surface area contributed by atoms with Crippen LogP contribution in [0.3, 0.4) is 0 Å². The highest BCUT2D eigenvalue weighted by Gasteiger charge is 2.16. The monoisotopic (exact) mass is 372 g/mol. The Morgan fingerprint density at radius 3 is 2.68 bits per heavy atom. The van der Waals surface area contributed by atoms with Crippen molar-refractivity contribution in [1.29, 1.82) is 0 Å². The molecule has 0 bridgehead atoms. The van der Waals surface area contributed by atoms with Gasteiger partial charge in [0.2, 0.25) is 5.91 Å². The van der Waals surface area contributed by atoms with Crippen LogP contribution in [-0.2, 0) is 18.4 Å². The van der Waals surface area contributed by atoms with Crippen molar-refractivity contribution in [3.8, 4) is 11.4 Å². The van der Waals surface area contributed by atoms with Crippen LogP contribution in [0, 0.1) is 13.8 Å². The van der Waals surface area contributed by atoms with Gasteiger partial charge in [0.05, 0.1) is 5.75 Å². The molecule has 0 spiro atoms. The van der Waals surface area contributed by atoms with Crippen molar-refractivity contribution in [3.05, 3.63) is 51.7 Å². The molecule has 1 amide bonds. The normalized spacial score (nSPS) is 10.8. The summed E-state index contributed by atoms with van der Waals surface area (Å²) >= 11 is 3.11. The van der Waals surface area contributed by atoms with Gasteiger partial charge >= 0.3 is 0 Å². The molecule has 0 radical (unpaired) electrons. The number of aryl methyl sites for hydroxylation is 1. The maximum Gasteiger partial charge on any atom is 0.230 e. The third-order valence-electron chi connectivity index (χ3n) is 4.03. The average Bonchev–Trinajstić information content (AvgIpc) is 3.15. The van der Waals surface area contributed by atoms with E-state index < -0.39 is 0 Å². The number of carbonyl (C=O) groups excluding carboxylic acids is 1. The summed E-state index contributed by atoms with van der Waals surface area (Å²) in [6.07, 6.45) is 0. The molecule has 0 aliphatic carbocycles. The second kappa shape index (κ2) is 7.84. The summed E-state index contributed by atoms with van der Waals surface area (Å²) in [4.78, 5) is 13.3. The maximum absolute atomic E-state index is 12.0. The number of aromatic nitrogens is 3. The molecule has 3 aromatic rings. The Kier molecular flexibility index (Phi) is 5.55. The van der Waals surface area contributed by atoms with E-state index in [0.717, 1.165) is 22.1 Å². The highest BCUT2D eigenvalue weighted by molar-refractivity contribution is 7.99. The summed E-state index contributed by atoms with van der Waals surface area (Å²) in [5.41, 5.74) is 3.43. The molecule has 0 atom stereocenters. The molecule has 0 saturated carbocycles. The van der Waals surface area contributed by atoms with Crippen LogP contribution in [0.5, 0.6) is 0 Å². The highest BCUT2D eigenvalue weighted by Crippen LogP contribution is 2.30. The van der Waals surface area contributed by atoms with E-state index in [2.05, 4.69) is 34.7 Å². The van der Waals surface area contributed by atoms with Gasteiger partial charge in [-0.25, -0.2) is 0 Å².